The molecule has 0 saturated heterocycles. The second kappa shape index (κ2) is 4.10. The Labute approximate surface area is 115 Å². The maximum Gasteiger partial charge on any atom is 0.417 e. The van der Waals surface area contributed by atoms with Crippen LogP contribution in [0.2, 0.25) is 0 Å². The van der Waals surface area contributed by atoms with Crippen molar-refractivity contribution in [1.29, 1.82) is 5.26 Å². The smallest absolute Gasteiger partial charge is 0.408 e. The predicted molar refractivity (Wildman–Crippen MR) is 71.5 cm³/mol. The molecule has 0 unspecified atom stereocenters. The summed E-state index contributed by atoms with van der Waals surface area (Å²) in [5.74, 6) is -0.492. The molecule has 0 saturated carbocycles. The first-order chi connectivity index (χ1) is 9.10. The van der Waals surface area contributed by atoms with E-state index in [0.29, 0.717) is 21.3 Å². The van der Waals surface area contributed by atoms with Crippen LogP contribution in [0.3, 0.4) is 0 Å². The molecule has 1 N–H and O–H groups in total. The van der Waals surface area contributed by atoms with E-state index < -0.39 is 5.76 Å². The summed E-state index contributed by atoms with van der Waals surface area (Å²) in [5, 5.41) is 13.1. The third-order valence-corrected chi connectivity index (χ3v) is 3.54. The Morgan fingerprint density at radius 3 is 3.00 bits per heavy atom. The van der Waals surface area contributed by atoms with Crippen LogP contribution in [0.4, 0.5) is 0 Å². The van der Waals surface area contributed by atoms with Gasteiger partial charge in [0, 0.05) is 12.6 Å². The van der Waals surface area contributed by atoms with Crippen LogP contribution >= 0.6 is 15.9 Å². The molecule has 3 aromatic rings. The predicted octanol–water partition coefficient (Wildman–Crippen LogP) is 2.16. The molecule has 0 aliphatic rings. The Kier molecular flexibility index (Phi) is 2.54. The van der Waals surface area contributed by atoms with Crippen LogP contribution in [-0.2, 0) is 7.05 Å². The van der Waals surface area contributed by atoms with Gasteiger partial charge in [-0.1, -0.05) is 6.07 Å². The number of halogens is 1. The monoisotopic (exact) mass is 318 g/mol. The minimum atomic E-state index is -0.492. The second-order valence-corrected chi connectivity index (χ2v) is 4.77. The number of aromatic nitrogens is 3. The maximum atomic E-state index is 11.1. The molecule has 94 valence electrons. The van der Waals surface area contributed by atoms with Crippen LogP contribution in [-0.4, -0.2) is 14.8 Å². The van der Waals surface area contributed by atoms with E-state index in [1.54, 1.807) is 23.9 Å². The number of nitrogens with one attached hydrogen (secondary N) is 1. The first kappa shape index (κ1) is 11.7. The lowest BCUT2D eigenvalue weighted by molar-refractivity contribution is 0.555. The molecule has 2 heterocycles. The van der Waals surface area contributed by atoms with Gasteiger partial charge in [-0.05, 0) is 28.1 Å². The van der Waals surface area contributed by atoms with Crippen molar-refractivity contribution < 1.29 is 4.42 Å². The highest BCUT2D eigenvalue weighted by molar-refractivity contribution is 9.10. The zero-order valence-corrected chi connectivity index (χ0v) is 11.4. The van der Waals surface area contributed by atoms with Crippen LogP contribution in [0.5, 0.6) is 0 Å². The highest BCUT2D eigenvalue weighted by Crippen LogP contribution is 2.31. The average Bonchev–Trinajstić information content (AvgIpc) is 2.87. The maximum absolute atomic E-state index is 11.1. The van der Waals surface area contributed by atoms with Gasteiger partial charge in [0.2, 0.25) is 0 Å². The zero-order valence-electron chi connectivity index (χ0n) is 9.77. The number of fused-ring (bicyclic) bond motifs is 1. The van der Waals surface area contributed by atoms with Crippen LogP contribution in [0.25, 0.3) is 22.4 Å². The quantitative estimate of drug-likeness (QED) is 0.744. The minimum Gasteiger partial charge on any atom is -0.408 e. The normalized spacial score (nSPS) is 10.8. The highest BCUT2D eigenvalue weighted by atomic mass is 79.9. The van der Waals surface area contributed by atoms with Gasteiger partial charge in [-0.3, -0.25) is 9.67 Å². The number of oxazole rings is 1. The molecule has 0 aliphatic carbocycles. The zero-order chi connectivity index (χ0) is 13.6. The Morgan fingerprint density at radius 1 is 1.53 bits per heavy atom. The Balaban J connectivity index is 2.27. The van der Waals surface area contributed by atoms with Crippen molar-refractivity contribution >= 4 is 27.0 Å². The highest BCUT2D eigenvalue weighted by Gasteiger charge is 2.16. The van der Waals surface area contributed by atoms with Gasteiger partial charge in [-0.15, -0.1) is 0 Å². The van der Waals surface area contributed by atoms with Crippen molar-refractivity contribution in [3.8, 4) is 17.3 Å². The fourth-order valence-electron chi connectivity index (χ4n) is 1.98. The SMILES string of the molecule is Cn1nc(C#N)c(Br)c1-c1ccc2[nH]c(=O)oc2c1. The molecule has 0 bridgehead atoms. The van der Waals surface area contributed by atoms with Crippen molar-refractivity contribution in [2.24, 2.45) is 7.05 Å². The average molecular weight is 319 g/mol. The van der Waals surface area contributed by atoms with E-state index in [1.807, 2.05) is 12.1 Å². The standard InChI is InChI=1S/C12H7BrN4O2/c1-17-11(10(13)8(5-14)16-17)6-2-3-7-9(4-6)19-12(18)15-7/h2-4H,1H3,(H,15,18). The van der Waals surface area contributed by atoms with Gasteiger partial charge in [0.25, 0.3) is 0 Å². The van der Waals surface area contributed by atoms with Gasteiger partial charge in [0.05, 0.1) is 15.7 Å². The summed E-state index contributed by atoms with van der Waals surface area (Å²) in [6.45, 7) is 0. The van der Waals surface area contributed by atoms with Crippen molar-refractivity contribution in [1.82, 2.24) is 14.8 Å². The fraction of sp³-hybridized carbons (Fsp3) is 0.0833. The van der Waals surface area contributed by atoms with Gasteiger partial charge in [-0.25, -0.2) is 4.79 Å². The fourth-order valence-corrected chi connectivity index (χ4v) is 2.63. The number of benzene rings is 1. The molecule has 0 radical (unpaired) electrons. The Bertz CT molecular complexity index is 881. The van der Waals surface area contributed by atoms with E-state index in [9.17, 15) is 4.79 Å². The number of H-pyrrole nitrogens is 1. The Morgan fingerprint density at radius 2 is 2.32 bits per heavy atom. The molecule has 7 heteroatoms. The topological polar surface area (TPSA) is 87.6 Å². The molecule has 0 aliphatic heterocycles. The summed E-state index contributed by atoms with van der Waals surface area (Å²) in [5.41, 5.74) is 2.97. The summed E-state index contributed by atoms with van der Waals surface area (Å²) in [6, 6.07) is 7.32. The van der Waals surface area contributed by atoms with Crippen molar-refractivity contribution in [2.45, 2.75) is 0 Å². The number of nitrogens with zero attached hydrogens (tertiary/aromatic N) is 3. The summed E-state index contributed by atoms with van der Waals surface area (Å²) < 4.78 is 7.25. The first-order valence-electron chi connectivity index (χ1n) is 5.36. The van der Waals surface area contributed by atoms with E-state index in [4.69, 9.17) is 9.68 Å². The number of nitriles is 1. The summed E-state index contributed by atoms with van der Waals surface area (Å²) in [7, 11) is 1.75. The van der Waals surface area contributed by atoms with Crippen molar-refractivity contribution in [3.63, 3.8) is 0 Å². The number of aryl methyl sites for hydroxylation is 1. The molecule has 0 spiro atoms. The summed E-state index contributed by atoms with van der Waals surface area (Å²) >= 11 is 3.36. The molecule has 3 rings (SSSR count). The molecule has 0 atom stereocenters. The molecule has 6 nitrogen and oxygen atoms in total. The molecule has 0 amide bonds. The summed E-state index contributed by atoms with van der Waals surface area (Å²) in [6.07, 6.45) is 0. The van der Waals surface area contributed by atoms with Gasteiger partial charge < -0.3 is 4.42 Å². The van der Waals surface area contributed by atoms with Crippen LogP contribution < -0.4 is 5.76 Å². The number of hydrogen-bond donors (Lipinski definition) is 1. The van der Waals surface area contributed by atoms with E-state index in [2.05, 4.69) is 26.0 Å². The lowest BCUT2D eigenvalue weighted by atomic mass is 10.1. The summed E-state index contributed by atoms with van der Waals surface area (Å²) in [4.78, 5) is 13.7. The second-order valence-electron chi connectivity index (χ2n) is 3.97. The van der Waals surface area contributed by atoms with Crippen molar-refractivity contribution in [2.75, 3.05) is 0 Å². The van der Waals surface area contributed by atoms with E-state index in [1.165, 1.54) is 0 Å². The molecule has 1 aromatic carbocycles. The lowest BCUT2D eigenvalue weighted by Crippen LogP contribution is -1.94. The van der Waals surface area contributed by atoms with Gasteiger partial charge in [0.15, 0.2) is 11.3 Å². The number of aromatic amines is 1. The van der Waals surface area contributed by atoms with Gasteiger partial charge >= 0.3 is 5.76 Å². The molecular weight excluding hydrogens is 312 g/mol. The third kappa shape index (κ3) is 1.77. The van der Waals surface area contributed by atoms with E-state index >= 15 is 0 Å². The third-order valence-electron chi connectivity index (χ3n) is 2.79. The van der Waals surface area contributed by atoms with Crippen molar-refractivity contribution in [3.05, 3.63) is 38.9 Å². The van der Waals surface area contributed by atoms with E-state index in [0.717, 1.165) is 11.3 Å². The molecule has 19 heavy (non-hydrogen) atoms. The molecule has 0 fully saturated rings. The van der Waals surface area contributed by atoms with Crippen LogP contribution in [0.1, 0.15) is 5.69 Å². The van der Waals surface area contributed by atoms with Gasteiger partial charge in [0.1, 0.15) is 6.07 Å². The Hall–Kier alpha value is -2.33. The van der Waals surface area contributed by atoms with Crippen LogP contribution in [0, 0.1) is 11.3 Å². The number of rotatable bonds is 1. The molecule has 2 aromatic heterocycles. The van der Waals surface area contributed by atoms with Gasteiger partial charge in [-0.2, -0.15) is 10.4 Å². The minimum absolute atomic E-state index is 0.313. The van der Waals surface area contributed by atoms with E-state index in [-0.39, 0.29) is 0 Å². The first-order valence-corrected chi connectivity index (χ1v) is 6.15. The van der Waals surface area contributed by atoms with Crippen LogP contribution in [0.15, 0.2) is 31.9 Å². The number of hydrogen-bond acceptors (Lipinski definition) is 4. The molecular formula is C12H7BrN4O2. The largest absolute Gasteiger partial charge is 0.417 e. The lowest BCUT2D eigenvalue weighted by Gasteiger charge is -2.02.